The fourth-order valence-corrected chi connectivity index (χ4v) is 3.63. The molecule has 2 aromatic carbocycles. The van der Waals surface area contributed by atoms with Gasteiger partial charge in [0, 0.05) is 0 Å². The van der Waals surface area contributed by atoms with Gasteiger partial charge in [-0.15, -0.1) is 0 Å². The molecule has 0 saturated heterocycles. The molecule has 0 heterocycles. The molecule has 2 aromatic rings. The van der Waals surface area contributed by atoms with E-state index in [4.69, 9.17) is 57.6 Å². The number of carbonyl (C=O) groups excluding carboxylic acids is 1. The molecule has 0 saturated carbocycles. The van der Waals surface area contributed by atoms with Gasteiger partial charge in [-0.1, -0.05) is 30.3 Å². The summed E-state index contributed by atoms with van der Waals surface area (Å²) in [5.74, 6) is 0.435. The van der Waals surface area contributed by atoms with Crippen molar-refractivity contribution >= 4 is 5.97 Å². The molecule has 0 fully saturated rings. The van der Waals surface area contributed by atoms with Gasteiger partial charge in [0.25, 0.3) is 0 Å². The smallest absolute Gasteiger partial charge is 0.338 e. The zero-order valence-corrected chi connectivity index (χ0v) is 26.2. The monoisotopic (exact) mass is 640 g/mol. The van der Waals surface area contributed by atoms with Gasteiger partial charge in [-0.2, -0.15) is 0 Å². The molecule has 0 unspecified atom stereocenters. The van der Waals surface area contributed by atoms with Crippen LogP contribution < -0.4 is 14.2 Å². The van der Waals surface area contributed by atoms with E-state index in [1.54, 1.807) is 19.1 Å². The molecule has 254 valence electrons. The Kier molecular flexibility index (Phi) is 22.3. The second-order valence-corrected chi connectivity index (χ2v) is 9.11. The summed E-state index contributed by atoms with van der Waals surface area (Å²) in [4.78, 5) is 12.7. The number of hydrogen-bond acceptors (Lipinski definition) is 13. The van der Waals surface area contributed by atoms with Crippen LogP contribution in [0.3, 0.4) is 0 Å². The van der Waals surface area contributed by atoms with E-state index < -0.39 is 5.97 Å². The zero-order chi connectivity index (χ0) is 32.2. The highest BCUT2D eigenvalue weighted by atomic mass is 16.6. The summed E-state index contributed by atoms with van der Waals surface area (Å²) in [5.41, 5.74) is 1.20. The van der Waals surface area contributed by atoms with Gasteiger partial charge in [0.15, 0.2) is 11.5 Å². The van der Waals surface area contributed by atoms with Crippen LogP contribution in [0.4, 0.5) is 0 Å². The molecule has 2 rings (SSSR count). The average molecular weight is 641 g/mol. The van der Waals surface area contributed by atoms with E-state index in [9.17, 15) is 4.79 Å². The standard InChI is InChI=1S/C32H48O13/c1-2-42-32(35)28-24-29(43-22-20-40-18-16-38-14-12-36-10-8-33)31(30(25-28)45-26-27-6-4-3-5-7-27)44-23-21-41-19-17-39-15-13-37-11-9-34/h3-7,24-25,33-34H,2,8-23,26H2,1H3. The van der Waals surface area contributed by atoms with Crippen LogP contribution in [0.25, 0.3) is 0 Å². The molecule has 13 heteroatoms. The summed E-state index contributed by atoms with van der Waals surface area (Å²) in [5, 5.41) is 17.4. The maximum Gasteiger partial charge on any atom is 0.338 e. The van der Waals surface area contributed by atoms with Gasteiger partial charge in [-0.25, -0.2) is 4.79 Å². The van der Waals surface area contributed by atoms with E-state index >= 15 is 0 Å². The molecule has 13 nitrogen and oxygen atoms in total. The number of esters is 1. The van der Waals surface area contributed by atoms with Crippen LogP contribution in [0, 0.1) is 0 Å². The molecule has 2 N–H and O–H groups in total. The van der Waals surface area contributed by atoms with Crippen molar-refractivity contribution in [2.75, 3.05) is 112 Å². The van der Waals surface area contributed by atoms with Crippen LogP contribution in [0.15, 0.2) is 42.5 Å². The number of rotatable bonds is 29. The lowest BCUT2D eigenvalue weighted by Crippen LogP contribution is -2.15. The van der Waals surface area contributed by atoms with Crippen molar-refractivity contribution in [1.29, 1.82) is 0 Å². The van der Waals surface area contributed by atoms with Crippen LogP contribution in [0.1, 0.15) is 22.8 Å². The third kappa shape index (κ3) is 17.9. The molecule has 0 amide bonds. The minimum atomic E-state index is -0.514. The molecule has 0 atom stereocenters. The molecule has 0 radical (unpaired) electrons. The van der Waals surface area contributed by atoms with Crippen molar-refractivity contribution in [3.05, 3.63) is 53.6 Å². The Balaban J connectivity index is 1.97. The fraction of sp³-hybridized carbons (Fsp3) is 0.594. The van der Waals surface area contributed by atoms with Crippen LogP contribution >= 0.6 is 0 Å². The summed E-state index contributed by atoms with van der Waals surface area (Å²) >= 11 is 0. The number of hydrogen-bond donors (Lipinski definition) is 2. The van der Waals surface area contributed by atoms with Crippen molar-refractivity contribution in [3.8, 4) is 17.2 Å². The average Bonchev–Trinajstić information content (AvgIpc) is 3.06. The van der Waals surface area contributed by atoms with Crippen molar-refractivity contribution in [1.82, 2.24) is 0 Å². The van der Waals surface area contributed by atoms with Gasteiger partial charge in [-0.3, -0.25) is 0 Å². The lowest BCUT2D eigenvalue weighted by Gasteiger charge is -2.19. The van der Waals surface area contributed by atoms with E-state index in [2.05, 4.69) is 0 Å². The minimum absolute atomic E-state index is 0.0199. The third-order valence-corrected chi connectivity index (χ3v) is 5.69. The Bertz CT molecular complexity index is 1010. The number of ether oxygens (including phenoxy) is 10. The predicted octanol–water partition coefficient (Wildman–Crippen LogP) is 2.28. The maximum atomic E-state index is 12.7. The third-order valence-electron chi connectivity index (χ3n) is 5.69. The zero-order valence-electron chi connectivity index (χ0n) is 26.2. The lowest BCUT2D eigenvalue weighted by atomic mass is 10.1. The van der Waals surface area contributed by atoms with Crippen molar-refractivity contribution in [2.24, 2.45) is 0 Å². The highest BCUT2D eigenvalue weighted by Gasteiger charge is 2.20. The highest BCUT2D eigenvalue weighted by molar-refractivity contribution is 5.91. The molecule has 0 bridgehead atoms. The van der Waals surface area contributed by atoms with Crippen LogP contribution in [-0.2, 0) is 39.8 Å². The number of carbonyl (C=O) groups is 1. The van der Waals surface area contributed by atoms with E-state index in [1.165, 1.54) is 0 Å². The summed E-state index contributed by atoms with van der Waals surface area (Å²) in [6.07, 6.45) is 0. The SMILES string of the molecule is CCOC(=O)c1cc(OCCOCCOCCOCCO)c(OCCOCCOCCOCCO)c(OCc2ccccc2)c1. The predicted molar refractivity (Wildman–Crippen MR) is 163 cm³/mol. The number of aliphatic hydroxyl groups is 2. The Labute approximate surface area is 265 Å². The first-order chi connectivity index (χ1) is 22.2. The second kappa shape index (κ2) is 26.2. The summed E-state index contributed by atoms with van der Waals surface area (Å²) in [6, 6.07) is 12.8. The van der Waals surface area contributed by atoms with Gasteiger partial charge in [0.05, 0.1) is 105 Å². The molecule has 0 aliphatic heterocycles. The largest absolute Gasteiger partial charge is 0.487 e. The van der Waals surface area contributed by atoms with E-state index in [-0.39, 0.29) is 71.6 Å². The van der Waals surface area contributed by atoms with Gasteiger partial charge >= 0.3 is 5.97 Å². The van der Waals surface area contributed by atoms with E-state index in [0.717, 1.165) is 5.56 Å². The highest BCUT2D eigenvalue weighted by Crippen LogP contribution is 2.39. The van der Waals surface area contributed by atoms with Crippen molar-refractivity contribution in [3.63, 3.8) is 0 Å². The Hall–Kier alpha value is -3.01. The summed E-state index contributed by atoms with van der Waals surface area (Å²) < 4.78 is 55.8. The number of aliphatic hydroxyl groups excluding tert-OH is 2. The van der Waals surface area contributed by atoms with Crippen LogP contribution in [0.5, 0.6) is 17.2 Å². The maximum absolute atomic E-state index is 12.7. The van der Waals surface area contributed by atoms with Gasteiger partial charge < -0.3 is 57.6 Å². The Morgan fingerprint density at radius 2 is 1.02 bits per heavy atom. The first kappa shape index (κ1) is 38.2. The van der Waals surface area contributed by atoms with E-state index in [1.807, 2.05) is 30.3 Å². The van der Waals surface area contributed by atoms with Crippen LogP contribution in [-0.4, -0.2) is 128 Å². The van der Waals surface area contributed by atoms with Gasteiger partial charge in [0.2, 0.25) is 5.75 Å². The van der Waals surface area contributed by atoms with E-state index in [0.29, 0.717) is 70.1 Å². The van der Waals surface area contributed by atoms with Gasteiger partial charge in [0.1, 0.15) is 19.8 Å². The molecule has 45 heavy (non-hydrogen) atoms. The Morgan fingerprint density at radius 3 is 1.51 bits per heavy atom. The first-order valence-corrected chi connectivity index (χ1v) is 15.1. The van der Waals surface area contributed by atoms with Crippen molar-refractivity contribution in [2.45, 2.75) is 13.5 Å². The molecular formula is C32H48O13. The lowest BCUT2D eigenvalue weighted by molar-refractivity contribution is 0.00225. The molecular weight excluding hydrogens is 592 g/mol. The quantitative estimate of drug-likeness (QED) is 0.0990. The first-order valence-electron chi connectivity index (χ1n) is 15.1. The molecule has 0 aliphatic rings. The Morgan fingerprint density at radius 1 is 0.578 bits per heavy atom. The summed E-state index contributed by atoms with van der Waals surface area (Å²) in [7, 11) is 0. The molecule has 0 aromatic heterocycles. The van der Waals surface area contributed by atoms with Crippen molar-refractivity contribution < 1.29 is 62.4 Å². The molecule has 0 spiro atoms. The number of benzene rings is 2. The normalized spacial score (nSPS) is 11.0. The van der Waals surface area contributed by atoms with Crippen LogP contribution in [0.2, 0.25) is 0 Å². The van der Waals surface area contributed by atoms with Gasteiger partial charge in [-0.05, 0) is 24.6 Å². The summed E-state index contributed by atoms with van der Waals surface area (Å²) in [6.45, 7) is 6.74. The topological polar surface area (TPSA) is 150 Å². The fourth-order valence-electron chi connectivity index (χ4n) is 3.63. The molecule has 0 aliphatic carbocycles. The second-order valence-electron chi connectivity index (χ2n) is 9.11. The minimum Gasteiger partial charge on any atom is -0.487 e.